The molecule has 5 rings (SSSR count). The number of rotatable bonds is 6. The van der Waals surface area contributed by atoms with E-state index in [9.17, 15) is 4.79 Å². The van der Waals surface area contributed by atoms with E-state index in [1.54, 1.807) is 14.2 Å². The van der Waals surface area contributed by atoms with E-state index >= 15 is 0 Å². The highest BCUT2D eigenvalue weighted by atomic mass is 16.5. The Labute approximate surface area is 206 Å². The monoisotopic (exact) mass is 472 g/mol. The lowest BCUT2D eigenvalue weighted by Crippen LogP contribution is -2.38. The lowest BCUT2D eigenvalue weighted by Gasteiger charge is -2.35. The van der Waals surface area contributed by atoms with Crippen molar-refractivity contribution >= 4 is 5.91 Å². The number of hydrogen-bond donors (Lipinski definition) is 0. The van der Waals surface area contributed by atoms with Crippen LogP contribution in [-0.2, 0) is 40.3 Å². The topological polar surface area (TPSA) is 60.9 Å². The summed E-state index contributed by atoms with van der Waals surface area (Å²) in [7, 11) is 3.32. The molecule has 2 aromatic carbocycles. The molecule has 3 aromatic rings. The van der Waals surface area contributed by atoms with Crippen LogP contribution in [0.3, 0.4) is 0 Å². The van der Waals surface area contributed by atoms with Crippen LogP contribution in [0.25, 0.3) is 11.3 Å². The highest BCUT2D eigenvalue weighted by molar-refractivity contribution is 5.77. The maximum atomic E-state index is 12.7. The summed E-state index contributed by atoms with van der Waals surface area (Å²) in [6, 6.07) is 16.5. The Morgan fingerprint density at radius 2 is 1.94 bits per heavy atom. The minimum absolute atomic E-state index is 0.0242. The number of pyridine rings is 1. The number of hydrogen-bond acceptors (Lipinski definition) is 5. The fourth-order valence-electron chi connectivity index (χ4n) is 5.19. The predicted molar refractivity (Wildman–Crippen MR) is 134 cm³/mol. The molecule has 0 saturated carbocycles. The number of nitrogens with zero attached hydrogens (tertiary/aromatic N) is 2. The molecule has 6 heteroatoms. The first-order valence-corrected chi connectivity index (χ1v) is 12.2. The fraction of sp³-hybridized carbons (Fsp3) is 0.379. The molecule has 6 nitrogen and oxygen atoms in total. The molecule has 3 heterocycles. The van der Waals surface area contributed by atoms with Crippen LogP contribution in [0.2, 0.25) is 0 Å². The second kappa shape index (κ2) is 10.2. The van der Waals surface area contributed by atoms with Crippen LogP contribution in [0.5, 0.6) is 5.75 Å². The van der Waals surface area contributed by atoms with Gasteiger partial charge in [-0.05, 0) is 52.9 Å². The Kier molecular flexibility index (Phi) is 6.84. The van der Waals surface area contributed by atoms with Crippen molar-refractivity contribution < 1.29 is 19.0 Å². The first-order valence-electron chi connectivity index (χ1n) is 12.2. The zero-order chi connectivity index (χ0) is 24.4. The summed E-state index contributed by atoms with van der Waals surface area (Å²) in [5.41, 5.74) is 9.10. The molecule has 0 unspecified atom stereocenters. The maximum Gasteiger partial charge on any atom is 0.225 e. The number of carbonyl (C=O) groups is 1. The quantitative estimate of drug-likeness (QED) is 0.516. The second-order valence-electron chi connectivity index (χ2n) is 9.25. The van der Waals surface area contributed by atoms with Crippen molar-refractivity contribution in [2.75, 3.05) is 27.4 Å². The van der Waals surface area contributed by atoms with Gasteiger partial charge in [-0.25, -0.2) is 0 Å². The van der Waals surface area contributed by atoms with Crippen LogP contribution in [-0.4, -0.2) is 43.2 Å². The SMILES string of the molecule is COCCC(=O)N1CCc2nc(-c3ccc(OC)cc3C)c3c(c2C1)CO[C@@H](c1ccccc1)C3. The van der Waals surface area contributed by atoms with Crippen molar-refractivity contribution in [2.45, 2.75) is 45.4 Å². The molecule has 182 valence electrons. The van der Waals surface area contributed by atoms with Gasteiger partial charge in [0.25, 0.3) is 0 Å². The Morgan fingerprint density at radius 3 is 2.69 bits per heavy atom. The molecule has 35 heavy (non-hydrogen) atoms. The van der Waals surface area contributed by atoms with E-state index in [1.165, 1.54) is 16.7 Å². The van der Waals surface area contributed by atoms with Gasteiger partial charge < -0.3 is 19.1 Å². The van der Waals surface area contributed by atoms with Gasteiger partial charge in [-0.2, -0.15) is 0 Å². The van der Waals surface area contributed by atoms with Gasteiger partial charge in [0.15, 0.2) is 0 Å². The lowest BCUT2D eigenvalue weighted by molar-refractivity contribution is -0.133. The van der Waals surface area contributed by atoms with Crippen molar-refractivity contribution in [1.82, 2.24) is 9.88 Å². The van der Waals surface area contributed by atoms with Gasteiger partial charge in [0.2, 0.25) is 5.91 Å². The number of methoxy groups -OCH3 is 2. The Bertz CT molecular complexity index is 1230. The van der Waals surface area contributed by atoms with Crippen LogP contribution >= 0.6 is 0 Å². The molecule has 0 saturated heterocycles. The second-order valence-corrected chi connectivity index (χ2v) is 9.25. The van der Waals surface area contributed by atoms with Crippen molar-refractivity contribution in [3.05, 3.63) is 82.0 Å². The average Bonchev–Trinajstić information content (AvgIpc) is 2.91. The summed E-state index contributed by atoms with van der Waals surface area (Å²) in [5, 5.41) is 0. The minimum atomic E-state index is -0.0242. The van der Waals surface area contributed by atoms with Crippen molar-refractivity contribution in [3.8, 4) is 17.0 Å². The average molecular weight is 473 g/mol. The normalized spacial score (nSPS) is 17.0. The molecule has 0 spiro atoms. The molecule has 1 atom stereocenters. The highest BCUT2D eigenvalue weighted by Crippen LogP contribution is 2.40. The van der Waals surface area contributed by atoms with E-state index < -0.39 is 0 Å². The third-order valence-electron chi connectivity index (χ3n) is 7.13. The first-order chi connectivity index (χ1) is 17.1. The molecule has 0 bridgehead atoms. The van der Waals surface area contributed by atoms with E-state index in [2.05, 4.69) is 43.3 Å². The van der Waals surface area contributed by atoms with Crippen molar-refractivity contribution in [3.63, 3.8) is 0 Å². The van der Waals surface area contributed by atoms with Gasteiger partial charge in [0, 0.05) is 44.3 Å². The number of aryl methyl sites for hydroxylation is 1. The Balaban J connectivity index is 1.58. The van der Waals surface area contributed by atoms with Crippen LogP contribution < -0.4 is 4.74 Å². The molecule has 2 aliphatic rings. The molecule has 1 aromatic heterocycles. The van der Waals surface area contributed by atoms with E-state index in [1.807, 2.05) is 17.0 Å². The predicted octanol–water partition coefficient (Wildman–Crippen LogP) is 4.80. The van der Waals surface area contributed by atoms with Crippen molar-refractivity contribution in [1.29, 1.82) is 0 Å². The standard InChI is InChI=1S/C29H32N2O4/c1-19-15-21(34-3)9-10-22(19)29-23-16-27(20-7-5-4-6-8-20)35-18-25(23)24-17-31(13-11-26(24)30-29)28(32)12-14-33-2/h4-10,15,27H,11-14,16-18H2,1-3H3/t27-/m1/s1. The van der Waals surface area contributed by atoms with E-state index in [0.717, 1.165) is 46.7 Å². The molecule has 0 radical (unpaired) electrons. The molecule has 2 aliphatic heterocycles. The van der Waals surface area contributed by atoms with Crippen molar-refractivity contribution in [2.24, 2.45) is 0 Å². The fourth-order valence-corrected chi connectivity index (χ4v) is 5.19. The zero-order valence-electron chi connectivity index (χ0n) is 20.7. The largest absolute Gasteiger partial charge is 0.497 e. The van der Waals surface area contributed by atoms with Gasteiger partial charge in [-0.15, -0.1) is 0 Å². The summed E-state index contributed by atoms with van der Waals surface area (Å²) in [6.45, 7) is 4.32. The molecule has 0 fully saturated rings. The summed E-state index contributed by atoms with van der Waals surface area (Å²) in [5.74, 6) is 0.967. The molecule has 0 aliphatic carbocycles. The van der Waals surface area contributed by atoms with Crippen LogP contribution in [0, 0.1) is 6.92 Å². The number of fused-ring (bicyclic) bond motifs is 3. The van der Waals surface area contributed by atoms with Crippen LogP contribution in [0.1, 0.15) is 46.0 Å². The van der Waals surface area contributed by atoms with E-state index in [4.69, 9.17) is 19.2 Å². The lowest BCUT2D eigenvalue weighted by atomic mass is 9.86. The van der Waals surface area contributed by atoms with Gasteiger partial charge in [-0.3, -0.25) is 9.78 Å². The van der Waals surface area contributed by atoms with E-state index in [0.29, 0.717) is 32.7 Å². The van der Waals surface area contributed by atoms with E-state index in [-0.39, 0.29) is 12.0 Å². The minimum Gasteiger partial charge on any atom is -0.497 e. The maximum absolute atomic E-state index is 12.7. The summed E-state index contributed by atoms with van der Waals surface area (Å²) in [6.07, 6.45) is 1.87. The number of ether oxygens (including phenoxy) is 3. The molecular formula is C29H32N2O4. The van der Waals surface area contributed by atoms with Gasteiger partial charge >= 0.3 is 0 Å². The highest BCUT2D eigenvalue weighted by Gasteiger charge is 2.32. The van der Waals surface area contributed by atoms with Gasteiger partial charge in [0.05, 0.1) is 38.5 Å². The van der Waals surface area contributed by atoms with Gasteiger partial charge in [-0.1, -0.05) is 30.3 Å². The summed E-state index contributed by atoms with van der Waals surface area (Å²) < 4.78 is 17.0. The Morgan fingerprint density at radius 1 is 1.11 bits per heavy atom. The number of benzene rings is 2. The summed E-state index contributed by atoms with van der Waals surface area (Å²) >= 11 is 0. The number of amides is 1. The molecule has 1 amide bonds. The van der Waals surface area contributed by atoms with Crippen LogP contribution in [0.15, 0.2) is 48.5 Å². The number of carbonyl (C=O) groups excluding carboxylic acids is 1. The zero-order valence-corrected chi connectivity index (χ0v) is 20.7. The third-order valence-corrected chi connectivity index (χ3v) is 7.13. The first kappa shape index (κ1) is 23.5. The smallest absolute Gasteiger partial charge is 0.225 e. The third kappa shape index (κ3) is 4.68. The van der Waals surface area contributed by atoms with Crippen LogP contribution in [0.4, 0.5) is 0 Å². The van der Waals surface area contributed by atoms with Gasteiger partial charge in [0.1, 0.15) is 5.75 Å². The summed E-state index contributed by atoms with van der Waals surface area (Å²) in [4.78, 5) is 19.9. The number of aromatic nitrogens is 1. The molecular weight excluding hydrogens is 440 g/mol. The molecule has 0 N–H and O–H groups in total. The Hall–Kier alpha value is -3.22.